The second-order valence-corrected chi connectivity index (χ2v) is 4.48. The minimum absolute atomic E-state index is 0.105. The van der Waals surface area contributed by atoms with E-state index < -0.39 is 29.6 Å². The molecular weight excluding hydrogens is 281 g/mol. The third-order valence-corrected chi connectivity index (χ3v) is 3.26. The van der Waals surface area contributed by atoms with Crippen molar-refractivity contribution in [2.45, 2.75) is 12.1 Å². The molecule has 6 heteroatoms. The summed E-state index contributed by atoms with van der Waals surface area (Å²) in [6.45, 7) is 0. The minimum Gasteiger partial charge on any atom is -0.375 e. The summed E-state index contributed by atoms with van der Waals surface area (Å²) in [5.74, 6) is 1.40. The van der Waals surface area contributed by atoms with Gasteiger partial charge in [0, 0.05) is 12.7 Å². The Labute approximate surface area is 120 Å². The van der Waals surface area contributed by atoms with Gasteiger partial charge < -0.3 is 4.74 Å². The van der Waals surface area contributed by atoms with E-state index >= 15 is 0 Å². The van der Waals surface area contributed by atoms with E-state index in [9.17, 15) is 13.2 Å². The fourth-order valence-corrected chi connectivity index (χ4v) is 2.23. The van der Waals surface area contributed by atoms with Gasteiger partial charge in [-0.25, -0.2) is 18.6 Å². The van der Waals surface area contributed by atoms with Crippen LogP contribution in [0.4, 0.5) is 13.2 Å². The summed E-state index contributed by atoms with van der Waals surface area (Å²) in [6, 6.07) is 10.1. The first-order chi connectivity index (χ1) is 10.1. The Kier molecular flexibility index (Phi) is 4.95. The number of rotatable bonds is 5. The summed E-state index contributed by atoms with van der Waals surface area (Å²) in [5.41, 5.74) is 3.03. The van der Waals surface area contributed by atoms with Crippen LogP contribution in [-0.4, -0.2) is 7.11 Å². The zero-order valence-corrected chi connectivity index (χ0v) is 11.3. The molecule has 21 heavy (non-hydrogen) atoms. The number of methoxy groups -OCH3 is 1. The van der Waals surface area contributed by atoms with Crippen molar-refractivity contribution in [3.8, 4) is 0 Å². The molecule has 0 radical (unpaired) electrons. The summed E-state index contributed by atoms with van der Waals surface area (Å²) in [6.07, 6.45) is -0.657. The number of nitrogens with one attached hydrogen (secondary N) is 1. The van der Waals surface area contributed by atoms with Gasteiger partial charge in [0.25, 0.3) is 0 Å². The number of hydrogen-bond acceptors (Lipinski definition) is 3. The highest BCUT2D eigenvalue weighted by Crippen LogP contribution is 2.33. The van der Waals surface area contributed by atoms with E-state index in [-0.39, 0.29) is 5.56 Å². The fourth-order valence-electron chi connectivity index (χ4n) is 2.23. The first kappa shape index (κ1) is 15.5. The van der Waals surface area contributed by atoms with Gasteiger partial charge in [0.05, 0.1) is 6.04 Å². The molecule has 0 aliphatic carbocycles. The van der Waals surface area contributed by atoms with Gasteiger partial charge in [-0.15, -0.1) is 0 Å². The minimum atomic E-state index is -1.53. The molecule has 0 saturated heterocycles. The van der Waals surface area contributed by atoms with Gasteiger partial charge in [0.15, 0.2) is 17.5 Å². The average Bonchev–Trinajstić information content (AvgIpc) is 2.52. The molecule has 0 heterocycles. The summed E-state index contributed by atoms with van der Waals surface area (Å²) in [7, 11) is 1.43. The smallest absolute Gasteiger partial charge is 0.194 e. The van der Waals surface area contributed by atoms with E-state index in [4.69, 9.17) is 10.6 Å². The molecular formula is C15H15F3N2O. The average molecular weight is 296 g/mol. The Morgan fingerprint density at radius 1 is 1.00 bits per heavy atom. The molecule has 2 atom stereocenters. The van der Waals surface area contributed by atoms with Crippen LogP contribution in [0, 0.1) is 17.5 Å². The van der Waals surface area contributed by atoms with Crippen molar-refractivity contribution in [2.24, 2.45) is 5.84 Å². The highest BCUT2D eigenvalue weighted by atomic mass is 19.2. The van der Waals surface area contributed by atoms with Crippen molar-refractivity contribution in [1.82, 2.24) is 5.43 Å². The topological polar surface area (TPSA) is 47.3 Å². The molecule has 0 bridgehead atoms. The van der Waals surface area contributed by atoms with Crippen molar-refractivity contribution < 1.29 is 17.9 Å². The molecule has 0 spiro atoms. The fraction of sp³-hybridized carbons (Fsp3) is 0.200. The third-order valence-electron chi connectivity index (χ3n) is 3.26. The van der Waals surface area contributed by atoms with Crippen molar-refractivity contribution in [3.63, 3.8) is 0 Å². The van der Waals surface area contributed by atoms with Crippen LogP contribution in [0.2, 0.25) is 0 Å². The van der Waals surface area contributed by atoms with Crippen LogP contribution >= 0.6 is 0 Å². The molecule has 2 unspecified atom stereocenters. The van der Waals surface area contributed by atoms with E-state index in [1.54, 1.807) is 24.3 Å². The molecule has 0 saturated carbocycles. The van der Waals surface area contributed by atoms with E-state index in [1.807, 2.05) is 6.07 Å². The predicted octanol–water partition coefficient (Wildman–Crippen LogP) is 3.00. The molecule has 0 aromatic heterocycles. The van der Waals surface area contributed by atoms with Crippen molar-refractivity contribution in [2.75, 3.05) is 7.11 Å². The van der Waals surface area contributed by atoms with E-state index in [2.05, 4.69) is 5.43 Å². The van der Waals surface area contributed by atoms with E-state index in [1.165, 1.54) is 7.11 Å². The van der Waals surface area contributed by atoms with Crippen molar-refractivity contribution >= 4 is 0 Å². The highest BCUT2D eigenvalue weighted by Gasteiger charge is 2.28. The maximum absolute atomic E-state index is 13.9. The quantitative estimate of drug-likeness (QED) is 0.506. The maximum Gasteiger partial charge on any atom is 0.194 e. The van der Waals surface area contributed by atoms with Gasteiger partial charge in [0.1, 0.15) is 6.10 Å². The zero-order chi connectivity index (χ0) is 15.4. The Bertz CT molecular complexity index is 607. The van der Waals surface area contributed by atoms with E-state index in [0.717, 1.165) is 17.7 Å². The Balaban J connectivity index is 2.45. The lowest BCUT2D eigenvalue weighted by Gasteiger charge is -2.26. The van der Waals surface area contributed by atoms with Crippen LogP contribution in [0.3, 0.4) is 0 Å². The number of hydrazine groups is 1. The monoisotopic (exact) mass is 296 g/mol. The normalized spacial score (nSPS) is 14.0. The zero-order valence-electron chi connectivity index (χ0n) is 11.3. The number of halogens is 3. The standard InChI is InChI=1S/C15H15F3N2O/c1-21-15(9-5-3-2-4-6-9)14(20-19)10-7-8-11(16)13(18)12(10)17/h2-8,14-15,20H,19H2,1H3. The Hall–Kier alpha value is -1.89. The number of benzene rings is 2. The van der Waals surface area contributed by atoms with E-state index in [0.29, 0.717) is 0 Å². The molecule has 2 aromatic rings. The van der Waals surface area contributed by atoms with Crippen molar-refractivity contribution in [3.05, 3.63) is 71.0 Å². The number of nitrogens with two attached hydrogens (primary N) is 1. The summed E-state index contributed by atoms with van der Waals surface area (Å²) >= 11 is 0. The molecule has 3 N–H and O–H groups in total. The van der Waals surface area contributed by atoms with Gasteiger partial charge in [-0.1, -0.05) is 36.4 Å². The predicted molar refractivity (Wildman–Crippen MR) is 72.6 cm³/mol. The summed E-state index contributed by atoms with van der Waals surface area (Å²) in [5, 5.41) is 0. The molecule has 112 valence electrons. The highest BCUT2D eigenvalue weighted by molar-refractivity contribution is 5.28. The second-order valence-electron chi connectivity index (χ2n) is 4.48. The lowest BCUT2D eigenvalue weighted by atomic mass is 9.95. The lowest BCUT2D eigenvalue weighted by Crippen LogP contribution is -2.34. The van der Waals surface area contributed by atoms with Gasteiger partial charge in [-0.05, 0) is 11.6 Å². The first-order valence-corrected chi connectivity index (χ1v) is 6.27. The van der Waals surface area contributed by atoms with Gasteiger partial charge in [0.2, 0.25) is 0 Å². The lowest BCUT2D eigenvalue weighted by molar-refractivity contribution is 0.0661. The molecule has 0 aliphatic heterocycles. The summed E-state index contributed by atoms with van der Waals surface area (Å²) < 4.78 is 45.7. The van der Waals surface area contributed by atoms with Crippen molar-refractivity contribution in [1.29, 1.82) is 0 Å². The third kappa shape index (κ3) is 3.07. The Morgan fingerprint density at radius 2 is 1.67 bits per heavy atom. The molecule has 0 amide bonds. The molecule has 2 rings (SSSR count). The SMILES string of the molecule is COC(c1ccccc1)C(NN)c1ccc(F)c(F)c1F. The first-order valence-electron chi connectivity index (χ1n) is 6.27. The molecule has 2 aromatic carbocycles. The second kappa shape index (κ2) is 6.71. The largest absolute Gasteiger partial charge is 0.375 e. The van der Waals surface area contributed by atoms with Crippen LogP contribution < -0.4 is 11.3 Å². The maximum atomic E-state index is 13.9. The van der Waals surface area contributed by atoms with Crippen LogP contribution in [0.1, 0.15) is 23.3 Å². The van der Waals surface area contributed by atoms with Crippen LogP contribution in [0.15, 0.2) is 42.5 Å². The van der Waals surface area contributed by atoms with Gasteiger partial charge in [-0.3, -0.25) is 5.84 Å². The molecule has 0 fully saturated rings. The van der Waals surface area contributed by atoms with Gasteiger partial charge >= 0.3 is 0 Å². The van der Waals surface area contributed by atoms with Crippen LogP contribution in [-0.2, 0) is 4.74 Å². The van der Waals surface area contributed by atoms with Gasteiger partial charge in [-0.2, -0.15) is 0 Å². The molecule has 0 aliphatic rings. The van der Waals surface area contributed by atoms with Crippen LogP contribution in [0.25, 0.3) is 0 Å². The number of ether oxygens (including phenoxy) is 1. The number of hydrogen-bond donors (Lipinski definition) is 2. The molecule has 3 nitrogen and oxygen atoms in total. The summed E-state index contributed by atoms with van der Waals surface area (Å²) in [4.78, 5) is 0. The Morgan fingerprint density at radius 3 is 2.24 bits per heavy atom. The van der Waals surface area contributed by atoms with Crippen LogP contribution in [0.5, 0.6) is 0 Å².